The minimum Gasteiger partial charge on any atom is -0.504 e. The van der Waals surface area contributed by atoms with Crippen LogP contribution < -0.4 is 4.74 Å². The molecule has 0 amide bonds. The first kappa shape index (κ1) is 16.1. The number of ether oxygens (including phenoxy) is 2. The summed E-state index contributed by atoms with van der Waals surface area (Å²) in [5, 5.41) is 19.9. The highest BCUT2D eigenvalue weighted by molar-refractivity contribution is 5.81. The lowest BCUT2D eigenvalue weighted by Crippen LogP contribution is -2.16. The summed E-state index contributed by atoms with van der Waals surface area (Å²) in [6, 6.07) is 0. The molecule has 0 aliphatic heterocycles. The first-order valence-electron chi connectivity index (χ1n) is 6.71. The molecular formula is C15H22O5. The molecule has 0 heterocycles. The molecule has 0 fully saturated rings. The van der Waals surface area contributed by atoms with Crippen molar-refractivity contribution in [2.24, 2.45) is 0 Å². The van der Waals surface area contributed by atoms with Gasteiger partial charge in [0.15, 0.2) is 11.5 Å². The lowest BCUT2D eigenvalue weighted by Gasteiger charge is -2.21. The highest BCUT2D eigenvalue weighted by Crippen LogP contribution is 2.46. The van der Waals surface area contributed by atoms with Crippen LogP contribution in [0.4, 0.5) is 0 Å². The van der Waals surface area contributed by atoms with Crippen molar-refractivity contribution in [1.82, 2.24) is 0 Å². The average molecular weight is 282 g/mol. The molecule has 0 radical (unpaired) electrons. The number of phenolic OH excluding ortho intramolecular Hbond substituents is 2. The maximum Gasteiger partial charge on any atom is 0.313 e. The summed E-state index contributed by atoms with van der Waals surface area (Å²) < 4.78 is 10.4. The monoisotopic (exact) mass is 282 g/mol. The third-order valence-electron chi connectivity index (χ3n) is 3.37. The van der Waals surface area contributed by atoms with Crippen molar-refractivity contribution in [3.8, 4) is 17.2 Å². The molecule has 1 aromatic rings. The normalized spacial score (nSPS) is 12.1. The third kappa shape index (κ3) is 2.81. The van der Waals surface area contributed by atoms with Gasteiger partial charge in [-0.25, -0.2) is 0 Å². The van der Waals surface area contributed by atoms with Crippen molar-refractivity contribution >= 4 is 5.97 Å². The number of phenols is 2. The van der Waals surface area contributed by atoms with Gasteiger partial charge in [0.1, 0.15) is 0 Å². The number of hydrogen-bond donors (Lipinski definition) is 2. The van der Waals surface area contributed by atoms with E-state index in [1.54, 1.807) is 34.6 Å². The summed E-state index contributed by atoms with van der Waals surface area (Å²) in [5.41, 5.74) is 1.79. The molecule has 112 valence electrons. The van der Waals surface area contributed by atoms with Crippen LogP contribution in [0.5, 0.6) is 17.2 Å². The van der Waals surface area contributed by atoms with Gasteiger partial charge in [-0.2, -0.15) is 0 Å². The zero-order valence-corrected chi connectivity index (χ0v) is 12.6. The van der Waals surface area contributed by atoms with Crippen molar-refractivity contribution in [1.29, 1.82) is 0 Å². The Balaban J connectivity index is 3.46. The lowest BCUT2D eigenvalue weighted by molar-refractivity contribution is -0.144. The Labute approximate surface area is 119 Å². The number of hydrogen-bond acceptors (Lipinski definition) is 5. The van der Waals surface area contributed by atoms with Crippen LogP contribution in [-0.2, 0) is 9.53 Å². The van der Waals surface area contributed by atoms with E-state index in [1.807, 2.05) is 0 Å². The van der Waals surface area contributed by atoms with Gasteiger partial charge in [-0.15, -0.1) is 0 Å². The van der Waals surface area contributed by atoms with Gasteiger partial charge in [0.25, 0.3) is 0 Å². The molecule has 1 atom stereocenters. The van der Waals surface area contributed by atoms with Crippen LogP contribution in [0.3, 0.4) is 0 Å². The number of aromatic hydroxyl groups is 2. The zero-order valence-electron chi connectivity index (χ0n) is 12.6. The second-order valence-corrected chi connectivity index (χ2v) is 4.60. The van der Waals surface area contributed by atoms with E-state index in [0.717, 1.165) is 0 Å². The van der Waals surface area contributed by atoms with Crippen LogP contribution in [0.1, 0.15) is 43.4 Å². The minimum absolute atomic E-state index is 0.147. The Morgan fingerprint density at radius 1 is 1.10 bits per heavy atom. The van der Waals surface area contributed by atoms with E-state index in [2.05, 4.69) is 0 Å². The minimum atomic E-state index is -0.582. The summed E-state index contributed by atoms with van der Waals surface area (Å²) in [6.07, 6.45) is 0. The fraction of sp³-hybridized carbons (Fsp3) is 0.533. The predicted octanol–water partition coefficient (Wildman–Crippen LogP) is 2.78. The van der Waals surface area contributed by atoms with Crippen LogP contribution in [0.2, 0.25) is 0 Å². The highest BCUT2D eigenvalue weighted by Gasteiger charge is 2.28. The second-order valence-electron chi connectivity index (χ2n) is 4.60. The second kappa shape index (κ2) is 6.50. The maximum atomic E-state index is 11.9. The number of benzene rings is 1. The van der Waals surface area contributed by atoms with E-state index < -0.39 is 5.92 Å². The van der Waals surface area contributed by atoms with Gasteiger partial charge < -0.3 is 19.7 Å². The van der Waals surface area contributed by atoms with E-state index >= 15 is 0 Å². The summed E-state index contributed by atoms with van der Waals surface area (Å²) in [7, 11) is 0. The number of esters is 1. The molecule has 2 N–H and O–H groups in total. The molecule has 0 aromatic heterocycles. The molecule has 1 aromatic carbocycles. The molecule has 0 saturated carbocycles. The number of carbonyl (C=O) groups is 1. The fourth-order valence-corrected chi connectivity index (χ4v) is 2.16. The Bertz CT molecular complexity index is 508. The molecular weight excluding hydrogens is 260 g/mol. The lowest BCUT2D eigenvalue weighted by atomic mass is 9.91. The average Bonchev–Trinajstić information content (AvgIpc) is 2.42. The number of carbonyl (C=O) groups excluding carboxylic acids is 1. The van der Waals surface area contributed by atoms with Crippen LogP contribution >= 0.6 is 0 Å². The largest absolute Gasteiger partial charge is 0.504 e. The van der Waals surface area contributed by atoms with E-state index in [9.17, 15) is 15.0 Å². The third-order valence-corrected chi connectivity index (χ3v) is 3.37. The van der Waals surface area contributed by atoms with Crippen molar-refractivity contribution < 1.29 is 24.5 Å². The molecule has 1 rings (SSSR count). The Kier molecular flexibility index (Phi) is 5.25. The van der Waals surface area contributed by atoms with Gasteiger partial charge >= 0.3 is 5.97 Å². The first-order chi connectivity index (χ1) is 9.36. The summed E-state index contributed by atoms with van der Waals surface area (Å²) in [5.74, 6) is -1.37. The summed E-state index contributed by atoms with van der Waals surface area (Å²) in [4.78, 5) is 11.9. The SMILES string of the molecule is CCOC(=O)C(C)c1c(C)c(C)c(O)c(O)c1OCC. The Hall–Kier alpha value is -1.91. The van der Waals surface area contributed by atoms with Crippen molar-refractivity contribution in [2.45, 2.75) is 40.5 Å². The van der Waals surface area contributed by atoms with Gasteiger partial charge in [-0.1, -0.05) is 0 Å². The molecule has 0 aliphatic carbocycles. The van der Waals surface area contributed by atoms with Gasteiger partial charge in [0.2, 0.25) is 5.75 Å². The first-order valence-corrected chi connectivity index (χ1v) is 6.71. The predicted molar refractivity (Wildman–Crippen MR) is 75.5 cm³/mol. The maximum absolute atomic E-state index is 11.9. The van der Waals surface area contributed by atoms with Crippen LogP contribution in [0, 0.1) is 13.8 Å². The van der Waals surface area contributed by atoms with Crippen LogP contribution in [0.25, 0.3) is 0 Å². The highest BCUT2D eigenvalue weighted by atomic mass is 16.5. The van der Waals surface area contributed by atoms with Crippen molar-refractivity contribution in [3.63, 3.8) is 0 Å². The molecule has 0 bridgehead atoms. The summed E-state index contributed by atoms with van der Waals surface area (Å²) >= 11 is 0. The number of rotatable bonds is 5. The molecule has 0 aliphatic rings. The molecule has 0 spiro atoms. The van der Waals surface area contributed by atoms with E-state index in [1.165, 1.54) is 0 Å². The summed E-state index contributed by atoms with van der Waals surface area (Å²) in [6.45, 7) is 9.26. The smallest absolute Gasteiger partial charge is 0.313 e. The molecule has 1 unspecified atom stereocenters. The molecule has 5 nitrogen and oxygen atoms in total. The van der Waals surface area contributed by atoms with Gasteiger partial charge in [0, 0.05) is 5.56 Å². The fourth-order valence-electron chi connectivity index (χ4n) is 2.16. The quantitative estimate of drug-likeness (QED) is 0.641. The van der Waals surface area contributed by atoms with E-state index in [-0.39, 0.29) is 29.8 Å². The van der Waals surface area contributed by atoms with Crippen molar-refractivity contribution in [3.05, 3.63) is 16.7 Å². The van der Waals surface area contributed by atoms with Gasteiger partial charge in [0.05, 0.1) is 19.1 Å². The Morgan fingerprint density at radius 2 is 1.70 bits per heavy atom. The van der Waals surface area contributed by atoms with E-state index in [4.69, 9.17) is 9.47 Å². The standard InChI is InChI=1S/C15H22O5/c1-6-19-14-11(10(5)15(18)20-7-2)8(3)9(4)12(16)13(14)17/h10,16-17H,6-7H2,1-5H3. The van der Waals surface area contributed by atoms with E-state index in [0.29, 0.717) is 23.3 Å². The molecule has 0 saturated heterocycles. The molecule has 20 heavy (non-hydrogen) atoms. The molecule has 5 heteroatoms. The van der Waals surface area contributed by atoms with Crippen molar-refractivity contribution in [2.75, 3.05) is 13.2 Å². The van der Waals surface area contributed by atoms with Crippen LogP contribution in [-0.4, -0.2) is 29.4 Å². The topological polar surface area (TPSA) is 76.0 Å². The van der Waals surface area contributed by atoms with Gasteiger partial charge in [-0.05, 0) is 45.7 Å². The van der Waals surface area contributed by atoms with Crippen LogP contribution in [0.15, 0.2) is 0 Å². The Morgan fingerprint density at radius 3 is 2.20 bits per heavy atom. The zero-order chi connectivity index (χ0) is 15.4. The van der Waals surface area contributed by atoms with Gasteiger partial charge in [-0.3, -0.25) is 4.79 Å².